The zero-order chi connectivity index (χ0) is 22.6. The van der Waals surface area contributed by atoms with Gasteiger partial charge in [-0.05, 0) is 26.2 Å². The number of alkyl halides is 3. The number of halogens is 3. The van der Waals surface area contributed by atoms with Crippen molar-refractivity contribution in [1.82, 2.24) is 19.9 Å². The third-order valence-electron chi connectivity index (χ3n) is 4.85. The van der Waals surface area contributed by atoms with E-state index < -0.39 is 12.7 Å². The van der Waals surface area contributed by atoms with Crippen molar-refractivity contribution < 1.29 is 22.7 Å². The van der Waals surface area contributed by atoms with Crippen LogP contribution in [-0.2, 0) is 0 Å². The molecule has 1 unspecified atom stereocenters. The van der Waals surface area contributed by atoms with Crippen LogP contribution in [0.5, 0.6) is 0 Å². The van der Waals surface area contributed by atoms with Crippen LogP contribution in [0, 0.1) is 12.8 Å². The van der Waals surface area contributed by atoms with Gasteiger partial charge in [-0.25, -0.2) is 9.97 Å². The zero-order valence-corrected chi connectivity index (χ0v) is 17.5. The molecule has 2 atom stereocenters. The minimum atomic E-state index is -4.40. The van der Waals surface area contributed by atoms with Crippen molar-refractivity contribution in [1.29, 1.82) is 0 Å². The Labute approximate surface area is 177 Å². The average Bonchev–Trinajstić information content (AvgIpc) is 3.13. The number of hydrogen-bond donors (Lipinski definition) is 3. The topological polar surface area (TPSA) is 109 Å². The molecule has 0 amide bonds. The zero-order valence-electron chi connectivity index (χ0n) is 17.5. The highest BCUT2D eigenvalue weighted by Crippen LogP contribution is 2.33. The number of nitrogens with zero attached hydrogens (tertiary/aromatic N) is 4. The lowest BCUT2D eigenvalue weighted by atomic mass is 9.99. The summed E-state index contributed by atoms with van der Waals surface area (Å²) in [5, 5.41) is 14.9. The summed E-state index contributed by atoms with van der Waals surface area (Å²) in [6, 6.07) is 1.55. The number of hydrogen-bond acceptors (Lipinski definition) is 8. The maximum atomic E-state index is 12.6. The highest BCUT2D eigenvalue weighted by Gasteiger charge is 2.28. The first-order chi connectivity index (χ1) is 14.7. The van der Waals surface area contributed by atoms with E-state index in [1.807, 2.05) is 13.8 Å². The maximum absolute atomic E-state index is 12.6. The molecule has 0 spiro atoms. The van der Waals surface area contributed by atoms with Gasteiger partial charge in [-0.3, -0.25) is 4.98 Å². The average molecular weight is 438 g/mol. The van der Waals surface area contributed by atoms with Crippen LogP contribution in [0.4, 0.5) is 24.9 Å². The van der Waals surface area contributed by atoms with Gasteiger partial charge in [0.1, 0.15) is 23.4 Å². The molecule has 0 aromatic carbocycles. The number of oxazole rings is 1. The lowest BCUT2D eigenvalue weighted by Gasteiger charge is -2.21. The Morgan fingerprint density at radius 2 is 2.00 bits per heavy atom. The van der Waals surface area contributed by atoms with Crippen LogP contribution >= 0.6 is 0 Å². The first kappa shape index (κ1) is 22.7. The number of rotatable bonds is 9. The predicted octanol–water partition coefficient (Wildman–Crippen LogP) is 4.17. The molecule has 3 N–H and O–H groups in total. The molecular weight excluding hydrogens is 413 g/mol. The number of aliphatic hydroxyl groups excluding tert-OH is 1. The summed E-state index contributed by atoms with van der Waals surface area (Å²) >= 11 is 0. The van der Waals surface area contributed by atoms with Crippen molar-refractivity contribution in [3.05, 3.63) is 24.2 Å². The van der Waals surface area contributed by atoms with Gasteiger partial charge in [-0.15, -0.1) is 0 Å². The van der Waals surface area contributed by atoms with Crippen molar-refractivity contribution in [2.45, 2.75) is 45.8 Å². The first-order valence-electron chi connectivity index (χ1n) is 9.97. The fourth-order valence-corrected chi connectivity index (χ4v) is 3.24. The van der Waals surface area contributed by atoms with Crippen molar-refractivity contribution in [3.8, 4) is 11.5 Å². The van der Waals surface area contributed by atoms with Crippen molar-refractivity contribution >= 4 is 22.9 Å². The number of fused-ring (bicyclic) bond motifs is 1. The van der Waals surface area contributed by atoms with Gasteiger partial charge in [0.2, 0.25) is 11.8 Å². The van der Waals surface area contributed by atoms with Gasteiger partial charge in [0.05, 0.1) is 11.9 Å². The quantitative estimate of drug-likeness (QED) is 0.457. The summed E-state index contributed by atoms with van der Waals surface area (Å²) in [5.74, 6) is 0.483. The normalized spacial score (nSPS) is 13.9. The van der Waals surface area contributed by atoms with Crippen molar-refractivity contribution in [2.24, 2.45) is 5.92 Å². The molecule has 0 saturated heterocycles. The van der Waals surface area contributed by atoms with Crippen LogP contribution < -0.4 is 10.6 Å². The van der Waals surface area contributed by atoms with E-state index in [4.69, 9.17) is 4.42 Å². The second kappa shape index (κ2) is 9.46. The number of aliphatic hydroxyl groups is 1. The van der Waals surface area contributed by atoms with Gasteiger partial charge >= 0.3 is 6.18 Å². The van der Waals surface area contributed by atoms with E-state index in [1.54, 1.807) is 25.4 Å². The summed E-state index contributed by atoms with van der Waals surface area (Å²) in [6.07, 6.45) is 0.180. The van der Waals surface area contributed by atoms with E-state index in [0.717, 1.165) is 6.42 Å². The SMILES string of the molecule is CC[C@@H](CO)CC(C)Nc1nc(NCC(F)(F)F)nc(C)c1-c1nc2cnccc2o1. The second-order valence-corrected chi connectivity index (χ2v) is 7.43. The third kappa shape index (κ3) is 5.81. The Hall–Kier alpha value is -2.95. The van der Waals surface area contributed by atoms with Gasteiger partial charge in [0.15, 0.2) is 5.58 Å². The molecule has 31 heavy (non-hydrogen) atoms. The van der Waals surface area contributed by atoms with E-state index >= 15 is 0 Å². The summed E-state index contributed by atoms with van der Waals surface area (Å²) < 4.78 is 43.8. The van der Waals surface area contributed by atoms with E-state index in [9.17, 15) is 18.3 Å². The fourth-order valence-electron chi connectivity index (χ4n) is 3.24. The Kier molecular flexibility index (Phi) is 6.94. The van der Waals surface area contributed by atoms with Crippen LogP contribution in [0.25, 0.3) is 22.6 Å². The minimum absolute atomic E-state index is 0.0503. The van der Waals surface area contributed by atoms with E-state index in [2.05, 4.69) is 30.6 Å². The molecule has 3 aromatic rings. The van der Waals surface area contributed by atoms with Gasteiger partial charge in [0, 0.05) is 24.9 Å². The van der Waals surface area contributed by atoms with E-state index in [0.29, 0.717) is 34.6 Å². The number of aromatic nitrogens is 4. The molecule has 3 heterocycles. The Balaban J connectivity index is 1.99. The van der Waals surface area contributed by atoms with Crippen LogP contribution in [0.1, 0.15) is 32.4 Å². The van der Waals surface area contributed by atoms with Crippen LogP contribution in [-0.4, -0.2) is 50.4 Å². The van der Waals surface area contributed by atoms with Gasteiger partial charge in [-0.1, -0.05) is 13.3 Å². The molecule has 0 aliphatic carbocycles. The van der Waals surface area contributed by atoms with E-state index in [-0.39, 0.29) is 30.4 Å². The molecule has 0 aliphatic rings. The highest BCUT2D eigenvalue weighted by molar-refractivity contribution is 5.79. The standard InChI is InChI=1S/C20H25F3N6O2/c1-4-13(9-30)7-11(2)26-17-16(18-28-14-8-24-6-5-15(14)31-18)12(3)27-19(29-17)25-10-20(21,22)23/h5-6,8,11,13,30H,4,7,9-10H2,1-3H3,(H2,25,26,27,29)/t11?,13-/m1/s1. The number of aryl methyl sites for hydroxylation is 1. The highest BCUT2D eigenvalue weighted by atomic mass is 19.4. The van der Waals surface area contributed by atoms with Crippen molar-refractivity contribution in [2.75, 3.05) is 23.8 Å². The maximum Gasteiger partial charge on any atom is 0.405 e. The molecule has 0 aliphatic heterocycles. The summed E-state index contributed by atoms with van der Waals surface area (Å²) in [6.45, 7) is 4.35. The third-order valence-corrected chi connectivity index (χ3v) is 4.85. The Bertz CT molecular complexity index is 987. The minimum Gasteiger partial charge on any atom is -0.436 e. The van der Waals surface area contributed by atoms with Crippen LogP contribution in [0.3, 0.4) is 0 Å². The summed E-state index contributed by atoms with van der Waals surface area (Å²) in [4.78, 5) is 16.9. The molecule has 0 radical (unpaired) electrons. The number of anilines is 2. The first-order valence-corrected chi connectivity index (χ1v) is 9.97. The van der Waals surface area contributed by atoms with Crippen molar-refractivity contribution in [3.63, 3.8) is 0 Å². The summed E-state index contributed by atoms with van der Waals surface area (Å²) in [7, 11) is 0. The van der Waals surface area contributed by atoms with Gasteiger partial charge in [-0.2, -0.15) is 18.2 Å². The predicted molar refractivity (Wildman–Crippen MR) is 111 cm³/mol. The van der Waals surface area contributed by atoms with Gasteiger partial charge < -0.3 is 20.2 Å². The lowest BCUT2D eigenvalue weighted by molar-refractivity contribution is -0.115. The molecule has 0 bridgehead atoms. The molecule has 8 nitrogen and oxygen atoms in total. The van der Waals surface area contributed by atoms with Crippen LogP contribution in [0.2, 0.25) is 0 Å². The lowest BCUT2D eigenvalue weighted by Crippen LogP contribution is -2.25. The molecule has 3 aromatic heterocycles. The molecule has 0 fully saturated rings. The molecule has 0 saturated carbocycles. The smallest absolute Gasteiger partial charge is 0.405 e. The second-order valence-electron chi connectivity index (χ2n) is 7.43. The molecular formula is C20H25F3N6O2. The summed E-state index contributed by atoms with van der Waals surface area (Å²) in [5.41, 5.74) is 1.93. The molecule has 11 heteroatoms. The largest absolute Gasteiger partial charge is 0.436 e. The fraction of sp³-hybridized carbons (Fsp3) is 0.500. The number of nitrogens with one attached hydrogen (secondary N) is 2. The molecule has 3 rings (SSSR count). The van der Waals surface area contributed by atoms with E-state index in [1.165, 1.54) is 0 Å². The Morgan fingerprint density at radius 1 is 1.23 bits per heavy atom. The van der Waals surface area contributed by atoms with Gasteiger partial charge in [0.25, 0.3) is 0 Å². The number of pyridine rings is 1. The Morgan fingerprint density at radius 3 is 2.65 bits per heavy atom. The monoisotopic (exact) mass is 438 g/mol. The molecule has 168 valence electrons. The van der Waals surface area contributed by atoms with Crippen LogP contribution in [0.15, 0.2) is 22.9 Å².